The first kappa shape index (κ1) is 20.9. The largest absolute Gasteiger partial charge is 0.573 e. The van der Waals surface area contributed by atoms with Crippen molar-refractivity contribution in [2.75, 3.05) is 24.7 Å². The first-order valence-corrected chi connectivity index (χ1v) is 7.67. The van der Waals surface area contributed by atoms with Crippen LogP contribution in [0.15, 0.2) is 23.1 Å². The smallest absolute Gasteiger partial charge is 0.406 e. The second-order valence-electron chi connectivity index (χ2n) is 3.80. The number of carbonyl (C=O) groups is 1. The molecular formula is C11H17F3N4O4S. The van der Waals surface area contributed by atoms with Gasteiger partial charge in [-0.25, -0.2) is 13.2 Å². The van der Waals surface area contributed by atoms with Crippen LogP contribution in [0.5, 0.6) is 5.75 Å². The minimum Gasteiger partial charge on any atom is -0.406 e. The van der Waals surface area contributed by atoms with E-state index in [1.165, 1.54) is 7.05 Å². The third kappa shape index (κ3) is 7.17. The molecule has 0 aliphatic heterocycles. The zero-order chi connectivity index (χ0) is 18.3. The number of sulfone groups is 1. The minimum absolute atomic E-state index is 0.247. The molecule has 0 atom stereocenters. The van der Waals surface area contributed by atoms with Crippen LogP contribution in [-0.2, 0) is 9.84 Å². The molecule has 7 N–H and O–H groups in total. The van der Waals surface area contributed by atoms with Gasteiger partial charge in [0.15, 0.2) is 9.84 Å². The van der Waals surface area contributed by atoms with Crippen molar-refractivity contribution in [3.05, 3.63) is 18.2 Å². The van der Waals surface area contributed by atoms with Crippen LogP contribution in [0.25, 0.3) is 0 Å². The molecule has 0 aromatic heterocycles. The molecule has 0 heterocycles. The van der Waals surface area contributed by atoms with Crippen LogP contribution >= 0.6 is 0 Å². The van der Waals surface area contributed by atoms with Crippen LogP contribution in [0.2, 0.25) is 0 Å². The number of benzene rings is 1. The molecule has 1 rings (SSSR count). The summed E-state index contributed by atoms with van der Waals surface area (Å²) >= 11 is 0. The summed E-state index contributed by atoms with van der Waals surface area (Å²) in [4.78, 5) is 10.2. The highest BCUT2D eigenvalue weighted by molar-refractivity contribution is 7.91. The van der Waals surface area contributed by atoms with Crippen LogP contribution in [0, 0.1) is 0 Å². The lowest BCUT2D eigenvalue weighted by Gasteiger charge is -2.14. The molecule has 1 aromatic carbocycles. The first-order chi connectivity index (χ1) is 10.5. The van der Waals surface area contributed by atoms with Gasteiger partial charge in [0.1, 0.15) is 5.75 Å². The van der Waals surface area contributed by atoms with E-state index >= 15 is 0 Å². The normalized spacial score (nSPS) is 11.2. The topological polar surface area (TPSA) is 151 Å². The summed E-state index contributed by atoms with van der Waals surface area (Å²) in [6, 6.07) is 1.36. The SMILES string of the molecule is CN.NCCS(=O)(=O)c1cc(OC(F)(F)F)ccc1NC(N)=O. The number of anilines is 1. The van der Waals surface area contributed by atoms with Crippen molar-refractivity contribution in [3.63, 3.8) is 0 Å². The molecule has 0 saturated heterocycles. The molecule has 0 aliphatic carbocycles. The van der Waals surface area contributed by atoms with Crippen molar-refractivity contribution in [2.24, 2.45) is 17.2 Å². The van der Waals surface area contributed by atoms with Gasteiger partial charge >= 0.3 is 12.4 Å². The average molecular weight is 358 g/mol. The lowest BCUT2D eigenvalue weighted by atomic mass is 10.3. The number of nitrogens with one attached hydrogen (secondary N) is 1. The highest BCUT2D eigenvalue weighted by Crippen LogP contribution is 2.30. The quantitative estimate of drug-likeness (QED) is 0.597. The lowest BCUT2D eigenvalue weighted by Crippen LogP contribution is -2.23. The molecule has 1 aromatic rings. The van der Waals surface area contributed by atoms with Crippen LogP contribution in [0.3, 0.4) is 0 Å². The van der Waals surface area contributed by atoms with E-state index in [1.54, 1.807) is 0 Å². The third-order valence-electron chi connectivity index (χ3n) is 2.17. The zero-order valence-corrected chi connectivity index (χ0v) is 12.9. The Hall–Kier alpha value is -2.05. The van der Waals surface area contributed by atoms with Gasteiger partial charge in [-0.05, 0) is 19.2 Å². The Morgan fingerprint density at radius 1 is 1.30 bits per heavy atom. The Morgan fingerprint density at radius 2 is 1.87 bits per heavy atom. The number of alkyl halides is 3. The molecular weight excluding hydrogens is 341 g/mol. The van der Waals surface area contributed by atoms with E-state index in [4.69, 9.17) is 11.5 Å². The van der Waals surface area contributed by atoms with Gasteiger partial charge in [0.05, 0.1) is 16.3 Å². The molecule has 12 heteroatoms. The summed E-state index contributed by atoms with van der Waals surface area (Å²) in [5.74, 6) is -1.26. The van der Waals surface area contributed by atoms with Crippen LogP contribution in [-0.4, -0.2) is 40.2 Å². The molecule has 23 heavy (non-hydrogen) atoms. The van der Waals surface area contributed by atoms with Crippen molar-refractivity contribution in [3.8, 4) is 5.75 Å². The Bertz CT molecular complexity index is 635. The molecule has 2 amide bonds. The van der Waals surface area contributed by atoms with E-state index in [0.29, 0.717) is 6.07 Å². The number of ether oxygens (including phenoxy) is 1. The molecule has 0 saturated carbocycles. The van der Waals surface area contributed by atoms with Gasteiger partial charge in [-0.2, -0.15) is 0 Å². The van der Waals surface area contributed by atoms with E-state index in [0.717, 1.165) is 12.1 Å². The summed E-state index contributed by atoms with van der Waals surface area (Å²) < 4.78 is 64.0. The third-order valence-corrected chi connectivity index (χ3v) is 3.95. The van der Waals surface area contributed by atoms with Gasteiger partial charge in [0, 0.05) is 12.6 Å². The van der Waals surface area contributed by atoms with E-state index in [2.05, 4.69) is 10.5 Å². The highest BCUT2D eigenvalue weighted by atomic mass is 32.2. The van der Waals surface area contributed by atoms with E-state index in [9.17, 15) is 26.4 Å². The lowest BCUT2D eigenvalue weighted by molar-refractivity contribution is -0.274. The molecule has 8 nitrogen and oxygen atoms in total. The number of halogens is 3. The average Bonchev–Trinajstić information content (AvgIpc) is 2.40. The number of primary amides is 1. The maximum atomic E-state index is 12.1. The maximum Gasteiger partial charge on any atom is 0.573 e. The van der Waals surface area contributed by atoms with Gasteiger partial charge in [0.2, 0.25) is 0 Å². The molecule has 0 aliphatic rings. The number of nitrogens with two attached hydrogens (primary N) is 3. The fourth-order valence-electron chi connectivity index (χ4n) is 1.46. The molecule has 0 radical (unpaired) electrons. The standard InChI is InChI=1S/C10H12F3N3O4S.CH5N/c11-10(12,13)20-6-1-2-7(16-9(15)17)8(5-6)21(18,19)4-3-14;1-2/h1-2,5H,3-4,14H2,(H3,15,16,17);2H2,1H3. The summed E-state index contributed by atoms with van der Waals surface area (Å²) in [5, 5.41) is 2.01. The number of hydrogen-bond donors (Lipinski definition) is 4. The van der Waals surface area contributed by atoms with Crippen LogP contribution in [0.1, 0.15) is 0 Å². The van der Waals surface area contributed by atoms with Gasteiger partial charge in [-0.1, -0.05) is 0 Å². The predicted octanol–water partition coefficient (Wildman–Crippen LogP) is 0.383. The monoisotopic (exact) mass is 358 g/mol. The predicted molar refractivity (Wildman–Crippen MR) is 77.5 cm³/mol. The Kier molecular flexibility index (Phi) is 7.79. The summed E-state index contributed by atoms with van der Waals surface area (Å²) in [6.45, 7) is -0.247. The van der Waals surface area contributed by atoms with Gasteiger partial charge in [-0.15, -0.1) is 13.2 Å². The number of amides is 2. The second-order valence-corrected chi connectivity index (χ2v) is 5.88. The van der Waals surface area contributed by atoms with Gasteiger partial charge < -0.3 is 27.3 Å². The molecule has 0 unspecified atom stereocenters. The fraction of sp³-hybridized carbons (Fsp3) is 0.364. The second kappa shape index (κ2) is 8.55. The van der Waals surface area contributed by atoms with E-state index in [-0.39, 0.29) is 12.2 Å². The van der Waals surface area contributed by atoms with Crippen molar-refractivity contribution in [1.82, 2.24) is 0 Å². The minimum atomic E-state index is -4.98. The summed E-state index contributed by atoms with van der Waals surface area (Å²) in [6.07, 6.45) is -4.98. The highest BCUT2D eigenvalue weighted by Gasteiger charge is 2.32. The number of urea groups is 1. The number of hydrogen-bond acceptors (Lipinski definition) is 6. The van der Waals surface area contributed by atoms with E-state index in [1.807, 2.05) is 5.32 Å². The summed E-state index contributed by atoms with van der Waals surface area (Å²) in [7, 11) is -2.51. The number of rotatable bonds is 5. The van der Waals surface area contributed by atoms with Crippen molar-refractivity contribution in [2.45, 2.75) is 11.3 Å². The fourth-order valence-corrected chi connectivity index (χ4v) is 2.74. The van der Waals surface area contributed by atoms with Gasteiger partial charge in [-0.3, -0.25) is 0 Å². The van der Waals surface area contributed by atoms with Gasteiger partial charge in [0.25, 0.3) is 0 Å². The maximum absolute atomic E-state index is 12.1. The first-order valence-electron chi connectivity index (χ1n) is 6.02. The molecule has 0 fully saturated rings. The Labute approximate surface area is 130 Å². The van der Waals surface area contributed by atoms with Crippen LogP contribution < -0.4 is 27.3 Å². The summed E-state index contributed by atoms with van der Waals surface area (Å²) in [5.41, 5.74) is 14.3. The Balaban J connectivity index is 0.00000232. The van der Waals surface area contributed by atoms with Crippen LogP contribution in [0.4, 0.5) is 23.7 Å². The Morgan fingerprint density at radius 3 is 2.30 bits per heavy atom. The van der Waals surface area contributed by atoms with Crippen molar-refractivity contribution >= 4 is 21.6 Å². The van der Waals surface area contributed by atoms with E-state index < -0.39 is 38.6 Å². The zero-order valence-electron chi connectivity index (χ0n) is 12.1. The number of carbonyl (C=O) groups excluding carboxylic acids is 1. The molecule has 0 bridgehead atoms. The van der Waals surface area contributed by atoms with Crippen molar-refractivity contribution in [1.29, 1.82) is 0 Å². The molecule has 132 valence electrons. The molecule has 0 spiro atoms. The van der Waals surface area contributed by atoms with Crippen molar-refractivity contribution < 1.29 is 31.1 Å².